The zero-order valence-electron chi connectivity index (χ0n) is 15.8. The van der Waals surface area contributed by atoms with Gasteiger partial charge in [-0.2, -0.15) is 0 Å². The van der Waals surface area contributed by atoms with Gasteiger partial charge in [0.15, 0.2) is 0 Å². The van der Waals surface area contributed by atoms with Crippen LogP contribution in [0.5, 0.6) is 0 Å². The van der Waals surface area contributed by atoms with Crippen LogP contribution < -0.4 is 4.31 Å². The van der Waals surface area contributed by atoms with E-state index >= 15 is 0 Å². The summed E-state index contributed by atoms with van der Waals surface area (Å²) in [6.07, 6.45) is 3.09. The Balaban J connectivity index is 1.94. The Kier molecular flexibility index (Phi) is 5.58. The van der Waals surface area contributed by atoms with Crippen molar-refractivity contribution in [2.75, 3.05) is 11.4 Å². The molecule has 146 valence electrons. The van der Waals surface area contributed by atoms with Crippen LogP contribution in [0.15, 0.2) is 54.9 Å². The van der Waals surface area contributed by atoms with Gasteiger partial charge in [0.2, 0.25) is 15.8 Å². The van der Waals surface area contributed by atoms with Crippen LogP contribution in [0.4, 0.5) is 5.82 Å². The molecule has 1 aromatic carbocycles. The monoisotopic (exact) mass is 417 g/mol. The van der Waals surface area contributed by atoms with E-state index in [1.165, 1.54) is 23.9 Å². The number of benzene rings is 1. The predicted molar refractivity (Wildman–Crippen MR) is 110 cm³/mol. The zero-order valence-corrected chi connectivity index (χ0v) is 17.3. The fraction of sp³-hybridized carbons (Fsp3) is 0.200. The highest BCUT2D eigenvalue weighted by Crippen LogP contribution is 2.30. The molecule has 3 aromatic rings. The second kappa shape index (κ2) is 7.77. The summed E-state index contributed by atoms with van der Waals surface area (Å²) in [5, 5.41) is 0.200. The van der Waals surface area contributed by atoms with Crippen LogP contribution in [0.1, 0.15) is 27.2 Å². The van der Waals surface area contributed by atoms with E-state index in [0.29, 0.717) is 16.9 Å². The van der Waals surface area contributed by atoms with Crippen molar-refractivity contribution in [3.8, 4) is 0 Å². The number of sulfonamides is 1. The van der Waals surface area contributed by atoms with Crippen molar-refractivity contribution in [2.45, 2.75) is 12.7 Å². The molecule has 0 atom stereocenters. The molecule has 0 saturated heterocycles. The molecule has 0 bridgehead atoms. The molecule has 6 nitrogen and oxygen atoms in total. The van der Waals surface area contributed by atoms with Gasteiger partial charge in [0.05, 0.1) is 10.8 Å². The molecule has 0 spiro atoms. The molecular weight excluding hydrogens is 398 g/mol. The third-order valence-corrected chi connectivity index (χ3v) is 6.51. The molecule has 0 aliphatic carbocycles. The lowest BCUT2D eigenvalue weighted by Crippen LogP contribution is -2.29. The van der Waals surface area contributed by atoms with Crippen LogP contribution in [0.25, 0.3) is 0 Å². The van der Waals surface area contributed by atoms with Crippen molar-refractivity contribution < 1.29 is 13.2 Å². The number of aromatic nitrogens is 2. The number of nitrogens with zero attached hydrogens (tertiary/aromatic N) is 3. The first-order chi connectivity index (χ1) is 13.2. The van der Waals surface area contributed by atoms with Gasteiger partial charge in [-0.25, -0.2) is 8.42 Å². The molecule has 3 rings (SSSR count). The second-order valence-corrected chi connectivity index (χ2v) is 8.95. The Morgan fingerprint density at radius 1 is 1.21 bits per heavy atom. The topological polar surface area (TPSA) is 72.3 Å². The molecule has 0 aliphatic heterocycles. The second-order valence-electron chi connectivity index (χ2n) is 6.54. The Labute approximate surface area is 169 Å². The number of halogens is 1. The van der Waals surface area contributed by atoms with Gasteiger partial charge in [-0.1, -0.05) is 47.5 Å². The molecule has 28 heavy (non-hydrogen) atoms. The van der Waals surface area contributed by atoms with E-state index in [1.54, 1.807) is 37.5 Å². The van der Waals surface area contributed by atoms with Crippen LogP contribution >= 0.6 is 11.6 Å². The van der Waals surface area contributed by atoms with Crippen molar-refractivity contribution in [1.82, 2.24) is 9.55 Å². The fourth-order valence-corrected chi connectivity index (χ4v) is 4.45. The molecule has 0 saturated carbocycles. The number of ketones is 1. The Morgan fingerprint density at radius 2 is 1.89 bits per heavy atom. The number of hydrogen-bond donors (Lipinski definition) is 0. The smallest absolute Gasteiger partial charge is 0.240 e. The first-order valence-electron chi connectivity index (χ1n) is 8.53. The highest BCUT2D eigenvalue weighted by atomic mass is 35.5. The van der Waals surface area contributed by atoms with Crippen molar-refractivity contribution in [3.05, 3.63) is 82.3 Å². The number of rotatable bonds is 6. The number of carbonyl (C=O) groups excluding carboxylic acids is 1. The van der Waals surface area contributed by atoms with Crippen molar-refractivity contribution in [3.63, 3.8) is 0 Å². The van der Waals surface area contributed by atoms with Gasteiger partial charge < -0.3 is 4.57 Å². The maximum Gasteiger partial charge on any atom is 0.240 e. The molecule has 0 radical (unpaired) electrons. The van der Waals surface area contributed by atoms with Crippen LogP contribution in [0.2, 0.25) is 5.02 Å². The first kappa shape index (κ1) is 20.1. The summed E-state index contributed by atoms with van der Waals surface area (Å²) in [7, 11) is -0.620. The minimum absolute atomic E-state index is 0.200. The zero-order chi connectivity index (χ0) is 20.5. The van der Waals surface area contributed by atoms with E-state index < -0.39 is 10.0 Å². The molecule has 8 heteroatoms. The Morgan fingerprint density at radius 3 is 2.50 bits per heavy atom. The van der Waals surface area contributed by atoms with E-state index in [2.05, 4.69) is 4.98 Å². The van der Waals surface area contributed by atoms with Crippen LogP contribution in [0, 0.1) is 6.92 Å². The minimum Gasteiger partial charge on any atom is -0.326 e. The van der Waals surface area contributed by atoms with Crippen LogP contribution in [0.3, 0.4) is 0 Å². The maximum absolute atomic E-state index is 12.9. The molecule has 0 fully saturated rings. The molecule has 0 amide bonds. The average molecular weight is 418 g/mol. The van der Waals surface area contributed by atoms with Gasteiger partial charge in [-0.3, -0.25) is 14.1 Å². The lowest BCUT2D eigenvalue weighted by Gasteiger charge is -2.20. The summed E-state index contributed by atoms with van der Waals surface area (Å²) >= 11 is 6.31. The largest absolute Gasteiger partial charge is 0.326 e. The normalized spacial score (nSPS) is 11.4. The van der Waals surface area contributed by atoms with Crippen molar-refractivity contribution >= 4 is 33.2 Å². The molecule has 0 aliphatic rings. The summed E-state index contributed by atoms with van der Waals surface area (Å²) < 4.78 is 28.3. The number of pyridine rings is 1. The van der Waals surface area contributed by atoms with Gasteiger partial charge in [0.25, 0.3) is 0 Å². The number of aryl methyl sites for hydroxylation is 1. The molecule has 0 unspecified atom stereocenters. The summed E-state index contributed by atoms with van der Waals surface area (Å²) in [4.78, 5) is 16.8. The van der Waals surface area contributed by atoms with Gasteiger partial charge in [-0.05, 0) is 18.6 Å². The molecule has 0 N–H and O–H groups in total. The van der Waals surface area contributed by atoms with E-state index in [-0.39, 0.29) is 22.3 Å². The van der Waals surface area contributed by atoms with E-state index in [9.17, 15) is 13.2 Å². The van der Waals surface area contributed by atoms with E-state index in [1.807, 2.05) is 19.1 Å². The lowest BCUT2D eigenvalue weighted by atomic mass is 10.1. The Bertz CT molecular complexity index is 1110. The van der Waals surface area contributed by atoms with Gasteiger partial charge >= 0.3 is 0 Å². The maximum atomic E-state index is 12.9. The standard InChI is InChI=1S/C20H20ClN3O3S/c1-14-6-8-16(9-7-14)20(25)19-17(21)11-18(23(19)2)24(3)28(26,27)13-15-5-4-10-22-12-15/h4-12H,13H2,1-3H3. The van der Waals surface area contributed by atoms with E-state index in [0.717, 1.165) is 9.87 Å². The van der Waals surface area contributed by atoms with Crippen LogP contribution in [-0.4, -0.2) is 30.8 Å². The van der Waals surface area contributed by atoms with Crippen molar-refractivity contribution in [2.24, 2.45) is 7.05 Å². The van der Waals surface area contributed by atoms with Gasteiger partial charge in [-0.15, -0.1) is 0 Å². The lowest BCUT2D eigenvalue weighted by molar-refractivity contribution is 0.103. The SMILES string of the molecule is Cc1ccc(C(=O)c2c(Cl)cc(N(C)S(=O)(=O)Cc3cccnc3)n2C)cc1. The average Bonchev–Trinajstić information content (AvgIpc) is 2.95. The minimum atomic E-state index is -3.69. The summed E-state index contributed by atoms with van der Waals surface area (Å²) in [5.74, 6) is -0.164. The van der Waals surface area contributed by atoms with Crippen molar-refractivity contribution in [1.29, 1.82) is 0 Å². The molecule has 2 aromatic heterocycles. The molecule has 2 heterocycles. The summed E-state index contributed by atoms with van der Waals surface area (Å²) in [6.45, 7) is 1.93. The Hall–Kier alpha value is -2.64. The number of hydrogen-bond acceptors (Lipinski definition) is 4. The number of anilines is 1. The number of carbonyl (C=O) groups is 1. The third kappa shape index (κ3) is 3.95. The van der Waals surface area contributed by atoms with Crippen LogP contribution in [-0.2, 0) is 22.8 Å². The summed E-state index contributed by atoms with van der Waals surface area (Å²) in [6, 6.07) is 12.0. The highest BCUT2D eigenvalue weighted by Gasteiger charge is 2.26. The molecular formula is C20H20ClN3O3S. The quantitative estimate of drug-likeness (QED) is 0.574. The predicted octanol–water partition coefficient (Wildman–Crippen LogP) is 3.58. The highest BCUT2D eigenvalue weighted by molar-refractivity contribution is 7.92. The van der Waals surface area contributed by atoms with Gasteiger partial charge in [0.1, 0.15) is 11.5 Å². The third-order valence-electron chi connectivity index (χ3n) is 4.50. The van der Waals surface area contributed by atoms with E-state index in [4.69, 9.17) is 11.6 Å². The van der Waals surface area contributed by atoms with Gasteiger partial charge in [0, 0.05) is 38.1 Å². The fourth-order valence-electron chi connectivity index (χ4n) is 2.89. The first-order valence-corrected chi connectivity index (χ1v) is 10.5. The summed E-state index contributed by atoms with van der Waals surface area (Å²) in [5.41, 5.74) is 2.34.